The zero-order chi connectivity index (χ0) is 10.7. The topological polar surface area (TPSA) is 78.8 Å². The predicted molar refractivity (Wildman–Crippen MR) is 53.2 cm³/mol. The van der Waals surface area contributed by atoms with Crippen LogP contribution in [0.5, 0.6) is 11.6 Å². The normalized spacial score (nSPS) is 10.3. The van der Waals surface area contributed by atoms with Crippen LogP contribution >= 0.6 is 0 Å². The highest BCUT2D eigenvalue weighted by atomic mass is 16.5. The van der Waals surface area contributed by atoms with Gasteiger partial charge >= 0.3 is 0 Å². The molecule has 0 aliphatic carbocycles. The molecule has 0 unspecified atom stereocenters. The second kappa shape index (κ2) is 4.05. The third-order valence-corrected chi connectivity index (χ3v) is 1.82. The van der Waals surface area contributed by atoms with Gasteiger partial charge in [0.05, 0.1) is 12.4 Å². The Morgan fingerprint density at radius 3 is 2.87 bits per heavy atom. The van der Waals surface area contributed by atoms with E-state index in [0.29, 0.717) is 23.9 Å². The summed E-state index contributed by atoms with van der Waals surface area (Å²) in [7, 11) is 1.81. The Hall–Kier alpha value is -1.95. The molecule has 2 heterocycles. The third kappa shape index (κ3) is 2.10. The summed E-state index contributed by atoms with van der Waals surface area (Å²) in [5.41, 5.74) is 6.13. The molecule has 2 rings (SSSR count). The maximum atomic E-state index is 5.51. The van der Waals surface area contributed by atoms with E-state index < -0.39 is 0 Å². The number of aryl methyl sites for hydroxylation is 1. The minimum absolute atomic E-state index is 0.295. The second-order valence-electron chi connectivity index (χ2n) is 2.96. The molecule has 15 heavy (non-hydrogen) atoms. The summed E-state index contributed by atoms with van der Waals surface area (Å²) < 4.78 is 7.13. The van der Waals surface area contributed by atoms with Gasteiger partial charge in [0.15, 0.2) is 5.75 Å². The summed E-state index contributed by atoms with van der Waals surface area (Å²) in [5, 5.41) is 3.98. The first kappa shape index (κ1) is 9.60. The first-order chi connectivity index (χ1) is 7.29. The number of nitrogens with two attached hydrogens (primary N) is 1. The van der Waals surface area contributed by atoms with E-state index in [4.69, 9.17) is 10.5 Å². The van der Waals surface area contributed by atoms with Crippen molar-refractivity contribution in [1.82, 2.24) is 19.7 Å². The number of hydrogen-bond acceptors (Lipinski definition) is 5. The first-order valence-electron chi connectivity index (χ1n) is 4.46. The minimum atomic E-state index is 0.295. The first-order valence-corrected chi connectivity index (χ1v) is 4.46. The van der Waals surface area contributed by atoms with Crippen molar-refractivity contribution in [3.05, 3.63) is 30.5 Å². The van der Waals surface area contributed by atoms with E-state index in [2.05, 4.69) is 15.1 Å². The van der Waals surface area contributed by atoms with Gasteiger partial charge in [0.2, 0.25) is 5.88 Å². The molecule has 0 bridgehead atoms. The lowest BCUT2D eigenvalue weighted by molar-refractivity contribution is 0.451. The number of nitrogens with zero attached hydrogens (tertiary/aromatic N) is 4. The molecular formula is C9H11N5O. The zero-order valence-electron chi connectivity index (χ0n) is 8.29. The summed E-state index contributed by atoms with van der Waals surface area (Å²) in [6.07, 6.45) is 6.49. The largest absolute Gasteiger partial charge is 0.434 e. The highest BCUT2D eigenvalue weighted by Crippen LogP contribution is 2.19. The molecule has 0 aliphatic rings. The van der Waals surface area contributed by atoms with Crippen LogP contribution in [0.1, 0.15) is 5.69 Å². The molecule has 78 valence electrons. The van der Waals surface area contributed by atoms with E-state index in [1.165, 1.54) is 0 Å². The van der Waals surface area contributed by atoms with Crippen LogP contribution in [-0.2, 0) is 13.6 Å². The molecule has 2 N–H and O–H groups in total. The number of rotatable bonds is 3. The van der Waals surface area contributed by atoms with Gasteiger partial charge in [0, 0.05) is 26.0 Å². The van der Waals surface area contributed by atoms with E-state index in [1.807, 2.05) is 7.05 Å². The zero-order valence-corrected chi connectivity index (χ0v) is 8.29. The molecule has 0 fully saturated rings. The smallest absolute Gasteiger partial charge is 0.242 e. The number of ether oxygens (including phenoxy) is 1. The highest BCUT2D eigenvalue weighted by molar-refractivity contribution is 5.24. The van der Waals surface area contributed by atoms with Crippen molar-refractivity contribution in [1.29, 1.82) is 0 Å². The molecule has 0 aromatic carbocycles. The Kier molecular flexibility index (Phi) is 2.59. The average Bonchev–Trinajstić information content (AvgIpc) is 2.65. The standard InChI is InChI=1S/C9H11N5O/c1-14-6-7(5-13-14)15-9-8(4-10)11-2-3-12-9/h2-3,5-6H,4,10H2,1H3. The molecule has 0 saturated heterocycles. The fourth-order valence-electron chi connectivity index (χ4n) is 1.14. The summed E-state index contributed by atoms with van der Waals surface area (Å²) in [5.74, 6) is 1.04. The van der Waals surface area contributed by atoms with Crippen LogP contribution in [0.4, 0.5) is 0 Å². The van der Waals surface area contributed by atoms with Crippen molar-refractivity contribution < 1.29 is 4.74 Å². The van der Waals surface area contributed by atoms with Gasteiger partial charge in [-0.25, -0.2) is 4.98 Å². The Balaban J connectivity index is 2.23. The monoisotopic (exact) mass is 205 g/mol. The van der Waals surface area contributed by atoms with Crippen LogP contribution in [0.3, 0.4) is 0 Å². The maximum absolute atomic E-state index is 5.51. The molecule has 0 atom stereocenters. The third-order valence-electron chi connectivity index (χ3n) is 1.82. The van der Waals surface area contributed by atoms with E-state index in [1.54, 1.807) is 29.5 Å². The fraction of sp³-hybridized carbons (Fsp3) is 0.222. The van der Waals surface area contributed by atoms with Crippen LogP contribution in [-0.4, -0.2) is 19.7 Å². The van der Waals surface area contributed by atoms with E-state index >= 15 is 0 Å². The van der Waals surface area contributed by atoms with E-state index in [-0.39, 0.29) is 0 Å². The lowest BCUT2D eigenvalue weighted by atomic mass is 10.4. The van der Waals surface area contributed by atoms with E-state index in [0.717, 1.165) is 0 Å². The van der Waals surface area contributed by atoms with Gasteiger partial charge < -0.3 is 10.5 Å². The predicted octanol–water partition coefficient (Wildman–Crippen LogP) is 0.461. The molecule has 6 heteroatoms. The summed E-state index contributed by atoms with van der Waals surface area (Å²) >= 11 is 0. The van der Waals surface area contributed by atoms with Crippen molar-refractivity contribution in [3.63, 3.8) is 0 Å². The number of aromatic nitrogens is 4. The van der Waals surface area contributed by atoms with Gasteiger partial charge in [-0.1, -0.05) is 0 Å². The lowest BCUT2D eigenvalue weighted by Crippen LogP contribution is -2.03. The van der Waals surface area contributed by atoms with Gasteiger partial charge in [0.25, 0.3) is 0 Å². The van der Waals surface area contributed by atoms with Crippen molar-refractivity contribution in [2.45, 2.75) is 6.54 Å². The van der Waals surface area contributed by atoms with Gasteiger partial charge in [-0.2, -0.15) is 5.10 Å². The SMILES string of the molecule is Cn1cc(Oc2nccnc2CN)cn1. The van der Waals surface area contributed by atoms with Crippen molar-refractivity contribution in [3.8, 4) is 11.6 Å². The van der Waals surface area contributed by atoms with Crippen molar-refractivity contribution in [2.24, 2.45) is 12.8 Å². The highest BCUT2D eigenvalue weighted by Gasteiger charge is 2.06. The van der Waals surface area contributed by atoms with Crippen LogP contribution < -0.4 is 10.5 Å². The van der Waals surface area contributed by atoms with Gasteiger partial charge in [-0.05, 0) is 0 Å². The lowest BCUT2D eigenvalue weighted by Gasteiger charge is -2.04. The molecule has 0 aliphatic heterocycles. The Labute approximate surface area is 86.7 Å². The minimum Gasteiger partial charge on any atom is -0.434 e. The van der Waals surface area contributed by atoms with Gasteiger partial charge in [-0.3, -0.25) is 9.67 Å². The molecule has 2 aromatic rings. The Morgan fingerprint density at radius 1 is 1.40 bits per heavy atom. The molecule has 2 aromatic heterocycles. The molecule has 0 saturated carbocycles. The summed E-state index contributed by atoms with van der Waals surface area (Å²) in [4.78, 5) is 8.11. The van der Waals surface area contributed by atoms with Crippen LogP contribution in [0, 0.1) is 0 Å². The molecule has 0 radical (unpaired) electrons. The van der Waals surface area contributed by atoms with Gasteiger partial charge in [0.1, 0.15) is 5.69 Å². The molecule has 0 amide bonds. The van der Waals surface area contributed by atoms with E-state index in [9.17, 15) is 0 Å². The van der Waals surface area contributed by atoms with Crippen molar-refractivity contribution >= 4 is 0 Å². The van der Waals surface area contributed by atoms with Crippen LogP contribution in [0.15, 0.2) is 24.8 Å². The van der Waals surface area contributed by atoms with Crippen LogP contribution in [0.2, 0.25) is 0 Å². The quantitative estimate of drug-likeness (QED) is 0.787. The molecule has 0 spiro atoms. The summed E-state index contributed by atoms with van der Waals surface area (Å²) in [6.45, 7) is 0.295. The van der Waals surface area contributed by atoms with Gasteiger partial charge in [-0.15, -0.1) is 0 Å². The molecular weight excluding hydrogens is 194 g/mol. The average molecular weight is 205 g/mol. The maximum Gasteiger partial charge on any atom is 0.242 e. The number of hydrogen-bond donors (Lipinski definition) is 1. The summed E-state index contributed by atoms with van der Waals surface area (Å²) in [6, 6.07) is 0. The molecule has 6 nitrogen and oxygen atoms in total. The van der Waals surface area contributed by atoms with Crippen molar-refractivity contribution in [2.75, 3.05) is 0 Å². The second-order valence-corrected chi connectivity index (χ2v) is 2.96. The Morgan fingerprint density at radius 2 is 2.20 bits per heavy atom. The fourth-order valence-corrected chi connectivity index (χ4v) is 1.14. The van der Waals surface area contributed by atoms with Crippen LogP contribution in [0.25, 0.3) is 0 Å². The Bertz CT molecular complexity index is 453.